The van der Waals surface area contributed by atoms with Gasteiger partial charge in [-0.3, -0.25) is 4.79 Å². The number of Topliss-reactive ketones (excluding diaryl/α,β-unsaturated/α-hetero) is 1. The van der Waals surface area contributed by atoms with Gasteiger partial charge in [-0.15, -0.1) is 0 Å². The quantitative estimate of drug-likeness (QED) is 0.801. The normalized spacial score (nSPS) is 21.9. The number of dihydropyridines is 1. The second-order valence-electron chi connectivity index (χ2n) is 8.44. The van der Waals surface area contributed by atoms with Crippen molar-refractivity contribution < 1.29 is 18.7 Å². The van der Waals surface area contributed by atoms with Crippen molar-refractivity contribution in [2.45, 2.75) is 59.5 Å². The van der Waals surface area contributed by atoms with E-state index in [-0.39, 0.29) is 17.3 Å². The third-order valence-corrected chi connectivity index (χ3v) is 4.98. The first-order chi connectivity index (χ1) is 12.6. The summed E-state index contributed by atoms with van der Waals surface area (Å²) in [4.78, 5) is 25.9. The molecule has 1 aromatic rings. The molecule has 0 radical (unpaired) electrons. The second-order valence-corrected chi connectivity index (χ2v) is 8.44. The number of benzene rings is 1. The van der Waals surface area contributed by atoms with E-state index in [2.05, 4.69) is 19.2 Å². The number of ether oxygens (including phenoxy) is 1. The molecule has 144 valence electrons. The zero-order chi connectivity index (χ0) is 19.9. The van der Waals surface area contributed by atoms with Gasteiger partial charge in [0.15, 0.2) is 5.78 Å². The molecule has 27 heavy (non-hydrogen) atoms. The lowest BCUT2D eigenvalue weighted by atomic mass is 9.68. The molecule has 1 N–H and O–H groups in total. The number of ketones is 1. The van der Waals surface area contributed by atoms with Crippen LogP contribution >= 0.6 is 0 Å². The molecule has 3 rings (SSSR count). The van der Waals surface area contributed by atoms with Gasteiger partial charge >= 0.3 is 5.97 Å². The molecule has 4 nitrogen and oxygen atoms in total. The minimum Gasteiger partial charge on any atom is -0.460 e. The van der Waals surface area contributed by atoms with Crippen LogP contribution in [0.15, 0.2) is 46.8 Å². The van der Waals surface area contributed by atoms with Crippen molar-refractivity contribution in [3.8, 4) is 0 Å². The van der Waals surface area contributed by atoms with E-state index < -0.39 is 17.7 Å². The summed E-state index contributed by atoms with van der Waals surface area (Å²) < 4.78 is 19.4. The highest BCUT2D eigenvalue weighted by molar-refractivity contribution is 6.04. The molecular weight excluding hydrogens is 345 g/mol. The average Bonchev–Trinajstić information content (AvgIpc) is 2.51. The molecule has 1 aromatic carbocycles. The van der Waals surface area contributed by atoms with Crippen molar-refractivity contribution >= 4 is 11.8 Å². The predicted octanol–water partition coefficient (Wildman–Crippen LogP) is 4.38. The van der Waals surface area contributed by atoms with Crippen LogP contribution < -0.4 is 5.32 Å². The molecule has 0 bridgehead atoms. The predicted molar refractivity (Wildman–Crippen MR) is 101 cm³/mol. The van der Waals surface area contributed by atoms with Crippen LogP contribution in [0.5, 0.6) is 0 Å². The van der Waals surface area contributed by atoms with Crippen LogP contribution in [0.2, 0.25) is 0 Å². The van der Waals surface area contributed by atoms with Gasteiger partial charge in [0, 0.05) is 29.3 Å². The third kappa shape index (κ3) is 3.82. The van der Waals surface area contributed by atoms with Crippen molar-refractivity contribution in [1.82, 2.24) is 5.32 Å². The van der Waals surface area contributed by atoms with E-state index in [4.69, 9.17) is 4.74 Å². The van der Waals surface area contributed by atoms with E-state index in [0.717, 1.165) is 5.70 Å². The molecule has 0 fully saturated rings. The highest BCUT2D eigenvalue weighted by Gasteiger charge is 2.43. The maximum absolute atomic E-state index is 14.0. The lowest BCUT2D eigenvalue weighted by molar-refractivity contribution is -0.143. The van der Waals surface area contributed by atoms with Gasteiger partial charge in [0.05, 0.1) is 11.7 Å². The Labute approximate surface area is 159 Å². The van der Waals surface area contributed by atoms with Gasteiger partial charge in [-0.1, -0.05) is 26.0 Å². The highest BCUT2D eigenvalue weighted by Crippen LogP contribution is 2.46. The Balaban J connectivity index is 2.17. The fourth-order valence-electron chi connectivity index (χ4n) is 4.00. The average molecular weight is 371 g/mol. The van der Waals surface area contributed by atoms with Crippen LogP contribution in [0.1, 0.15) is 58.9 Å². The van der Waals surface area contributed by atoms with Crippen molar-refractivity contribution in [1.29, 1.82) is 0 Å². The summed E-state index contributed by atoms with van der Waals surface area (Å²) in [5.41, 5.74) is 2.84. The number of halogens is 1. The van der Waals surface area contributed by atoms with Gasteiger partial charge in [-0.2, -0.15) is 0 Å². The number of nitrogens with one attached hydrogen (secondary N) is 1. The monoisotopic (exact) mass is 371 g/mol. The molecule has 0 aromatic heterocycles. The van der Waals surface area contributed by atoms with E-state index in [0.29, 0.717) is 35.2 Å². The Morgan fingerprint density at radius 2 is 2.00 bits per heavy atom. The molecule has 0 amide bonds. The lowest BCUT2D eigenvalue weighted by Crippen LogP contribution is -2.39. The molecule has 1 atom stereocenters. The van der Waals surface area contributed by atoms with Gasteiger partial charge in [-0.25, -0.2) is 9.18 Å². The summed E-state index contributed by atoms with van der Waals surface area (Å²) in [6.45, 7) is 9.46. The number of carbonyl (C=O) groups excluding carboxylic acids is 2. The Hall–Kier alpha value is -2.43. The number of hydrogen-bond acceptors (Lipinski definition) is 4. The first kappa shape index (κ1) is 19.3. The summed E-state index contributed by atoms with van der Waals surface area (Å²) >= 11 is 0. The zero-order valence-corrected chi connectivity index (χ0v) is 16.5. The lowest BCUT2D eigenvalue weighted by Gasteiger charge is -2.39. The molecule has 1 heterocycles. The minimum absolute atomic E-state index is 0.00893. The second kappa shape index (κ2) is 6.95. The van der Waals surface area contributed by atoms with Gasteiger partial charge in [-0.05, 0) is 50.3 Å². The van der Waals surface area contributed by atoms with Crippen LogP contribution in [0.3, 0.4) is 0 Å². The van der Waals surface area contributed by atoms with Crippen LogP contribution in [0, 0.1) is 11.2 Å². The van der Waals surface area contributed by atoms with Crippen LogP contribution in [-0.4, -0.2) is 17.9 Å². The van der Waals surface area contributed by atoms with E-state index in [1.54, 1.807) is 32.9 Å². The Kier molecular flexibility index (Phi) is 4.98. The van der Waals surface area contributed by atoms with Crippen molar-refractivity contribution in [3.05, 3.63) is 58.2 Å². The van der Waals surface area contributed by atoms with E-state index in [1.807, 2.05) is 0 Å². The maximum atomic E-state index is 14.0. The molecule has 0 unspecified atom stereocenters. The fraction of sp³-hybridized carbons (Fsp3) is 0.455. The van der Waals surface area contributed by atoms with E-state index in [9.17, 15) is 14.0 Å². The molecular formula is C22H26FNO3. The third-order valence-electron chi connectivity index (χ3n) is 4.98. The zero-order valence-electron chi connectivity index (χ0n) is 16.5. The standard InChI is InChI=1S/C22H26FNO3/c1-12(2)27-21(26)18-13(3)24-16-10-22(4,5)11-17(25)20(16)19(18)14-7-6-8-15(23)9-14/h6-9,12,19,24H,10-11H2,1-5H3/t19-/m1/s1. The van der Waals surface area contributed by atoms with Gasteiger partial charge < -0.3 is 10.1 Å². The number of allylic oxidation sites excluding steroid dienone is 3. The van der Waals surface area contributed by atoms with Gasteiger partial charge in [0.25, 0.3) is 0 Å². The number of rotatable bonds is 3. The smallest absolute Gasteiger partial charge is 0.337 e. The molecule has 0 spiro atoms. The molecule has 1 aliphatic heterocycles. The largest absolute Gasteiger partial charge is 0.460 e. The Bertz CT molecular complexity index is 864. The molecule has 5 heteroatoms. The fourth-order valence-corrected chi connectivity index (χ4v) is 4.00. The first-order valence-corrected chi connectivity index (χ1v) is 9.29. The number of esters is 1. The van der Waals surface area contributed by atoms with E-state index in [1.165, 1.54) is 12.1 Å². The summed E-state index contributed by atoms with van der Waals surface area (Å²) in [6, 6.07) is 6.11. The van der Waals surface area contributed by atoms with Crippen LogP contribution in [-0.2, 0) is 14.3 Å². The molecule has 0 saturated carbocycles. The summed E-state index contributed by atoms with van der Waals surface area (Å²) in [7, 11) is 0. The van der Waals surface area contributed by atoms with Gasteiger partial charge in [0.1, 0.15) is 5.82 Å². The van der Waals surface area contributed by atoms with Crippen molar-refractivity contribution in [2.75, 3.05) is 0 Å². The Morgan fingerprint density at radius 1 is 1.30 bits per heavy atom. The van der Waals surface area contributed by atoms with Crippen molar-refractivity contribution in [3.63, 3.8) is 0 Å². The molecule has 0 saturated heterocycles. The molecule has 1 aliphatic carbocycles. The molecule has 2 aliphatic rings. The van der Waals surface area contributed by atoms with Crippen LogP contribution in [0.25, 0.3) is 0 Å². The number of carbonyl (C=O) groups is 2. The summed E-state index contributed by atoms with van der Waals surface area (Å²) in [6.07, 6.45) is 0.802. The minimum atomic E-state index is -0.619. The SMILES string of the molecule is CC1=C(C(=O)OC(C)C)[C@@H](c2cccc(F)c2)C2=C(CC(C)(C)CC2=O)N1. The number of hydrogen-bond donors (Lipinski definition) is 1. The van der Waals surface area contributed by atoms with E-state index >= 15 is 0 Å². The first-order valence-electron chi connectivity index (χ1n) is 9.29. The maximum Gasteiger partial charge on any atom is 0.337 e. The highest BCUT2D eigenvalue weighted by atomic mass is 19.1. The van der Waals surface area contributed by atoms with Crippen LogP contribution in [0.4, 0.5) is 4.39 Å². The van der Waals surface area contributed by atoms with Crippen molar-refractivity contribution in [2.24, 2.45) is 5.41 Å². The summed E-state index contributed by atoms with van der Waals surface area (Å²) in [5, 5.41) is 3.27. The summed E-state index contributed by atoms with van der Waals surface area (Å²) in [5.74, 6) is -1.50. The van der Waals surface area contributed by atoms with Gasteiger partial charge in [0.2, 0.25) is 0 Å². The Morgan fingerprint density at radius 3 is 2.63 bits per heavy atom. The topological polar surface area (TPSA) is 55.4 Å².